The van der Waals surface area contributed by atoms with Gasteiger partial charge in [0.15, 0.2) is 5.76 Å². The van der Waals surface area contributed by atoms with Crippen LogP contribution < -0.4 is 11.1 Å². The lowest BCUT2D eigenvalue weighted by Gasteiger charge is -2.70. The van der Waals surface area contributed by atoms with Crippen LogP contribution in [0.1, 0.15) is 93.4 Å². The Bertz CT molecular complexity index is 1160. The predicted octanol–water partition coefficient (Wildman–Crippen LogP) is 6.51. The summed E-state index contributed by atoms with van der Waals surface area (Å²) in [5, 5.41) is 2.62. The van der Waals surface area contributed by atoms with Crippen molar-refractivity contribution in [1.82, 2.24) is 5.32 Å². The molecule has 3 saturated carbocycles. The van der Waals surface area contributed by atoms with Crippen molar-refractivity contribution in [1.29, 1.82) is 0 Å². The molecular weight excluding hydrogens is 448 g/mol. The second kappa shape index (κ2) is 7.93. The summed E-state index contributed by atoms with van der Waals surface area (Å²) in [4.78, 5) is 25.3. The number of ether oxygens (including phenoxy) is 1. The van der Waals surface area contributed by atoms with Gasteiger partial charge in [0.05, 0.1) is 0 Å². The summed E-state index contributed by atoms with van der Waals surface area (Å²) in [6.45, 7) is 16.3. The summed E-state index contributed by atoms with van der Waals surface area (Å²) in [6, 6.07) is 0. The fourth-order valence-corrected chi connectivity index (χ4v) is 8.87. The molecule has 0 spiro atoms. The van der Waals surface area contributed by atoms with Gasteiger partial charge in [-0.25, -0.2) is 4.79 Å². The monoisotopic (exact) mass is 492 g/mol. The molecule has 0 aromatic heterocycles. The highest BCUT2D eigenvalue weighted by Gasteiger charge is 2.66. The molecule has 0 aliphatic heterocycles. The Morgan fingerprint density at radius 1 is 1.06 bits per heavy atom. The summed E-state index contributed by atoms with van der Waals surface area (Å²) in [5.74, 6) is 0.513. The van der Waals surface area contributed by atoms with Gasteiger partial charge in [-0.1, -0.05) is 45.4 Å². The molecule has 5 rings (SSSR count). The van der Waals surface area contributed by atoms with Crippen LogP contribution in [0.4, 0.5) is 4.79 Å². The van der Waals surface area contributed by atoms with Crippen molar-refractivity contribution in [3.63, 3.8) is 0 Å². The lowest BCUT2D eigenvalue weighted by molar-refractivity contribution is -0.150. The van der Waals surface area contributed by atoms with Crippen LogP contribution in [-0.2, 0) is 9.53 Å². The first-order chi connectivity index (χ1) is 16.7. The van der Waals surface area contributed by atoms with E-state index < -0.39 is 6.09 Å². The Hall–Kier alpha value is -2.14. The lowest BCUT2D eigenvalue weighted by Crippen LogP contribution is -2.63. The average molecular weight is 493 g/mol. The number of nitrogens with two attached hydrogens (primary N) is 1. The molecule has 36 heavy (non-hydrogen) atoms. The Morgan fingerprint density at radius 2 is 1.75 bits per heavy atom. The van der Waals surface area contributed by atoms with E-state index in [0.29, 0.717) is 17.9 Å². The number of carbonyl (C=O) groups excluding carboxylic acids is 2. The van der Waals surface area contributed by atoms with Crippen molar-refractivity contribution in [3.8, 4) is 0 Å². The number of ketones is 1. The molecule has 0 aromatic carbocycles. The van der Waals surface area contributed by atoms with Gasteiger partial charge < -0.3 is 15.8 Å². The molecule has 5 aliphatic carbocycles. The molecule has 5 heteroatoms. The SMILES string of the molecule is CCNC(=O)OC1=C(C)C2=CC=C3[C@@](C)(CC[C@@]4(C)[C@@H]5C[C@](C)(N)CC[C@]5(C)CC[C@]34C)C2=CC1=O. The van der Waals surface area contributed by atoms with Crippen LogP contribution in [0, 0.1) is 27.6 Å². The first kappa shape index (κ1) is 25.5. The van der Waals surface area contributed by atoms with Crippen molar-refractivity contribution in [2.24, 2.45) is 33.3 Å². The van der Waals surface area contributed by atoms with Crippen LogP contribution in [0.15, 0.2) is 46.3 Å². The van der Waals surface area contributed by atoms with E-state index >= 15 is 0 Å². The maximum atomic E-state index is 13.2. The molecule has 196 valence electrons. The standard InChI is InChI=1S/C31H44N2O3/c1-8-33-26(35)36-25-19(2)20-9-10-23-29(5,21(20)17-22(25)34)14-16-31(7)24-18-28(4,32)13-11-27(24,3)12-15-30(23,31)6/h9-10,17,24H,8,11-16,18,32H2,1-7H3,(H,33,35)/t24-,27-,28-,29+,30-,31+/m1/s1. The van der Waals surface area contributed by atoms with Crippen LogP contribution >= 0.6 is 0 Å². The third kappa shape index (κ3) is 3.37. The normalized spacial score (nSPS) is 43.7. The molecule has 0 bridgehead atoms. The molecular formula is C31H44N2O3. The molecule has 0 saturated heterocycles. The van der Waals surface area contributed by atoms with Crippen molar-refractivity contribution in [3.05, 3.63) is 46.3 Å². The fourth-order valence-electron chi connectivity index (χ4n) is 8.87. The number of amides is 1. The highest BCUT2D eigenvalue weighted by Crippen LogP contribution is 2.74. The van der Waals surface area contributed by atoms with E-state index in [1.807, 2.05) is 13.8 Å². The lowest BCUT2D eigenvalue weighted by atomic mass is 9.35. The van der Waals surface area contributed by atoms with Gasteiger partial charge in [0, 0.05) is 23.1 Å². The molecule has 0 radical (unpaired) electrons. The molecule has 5 aliphatic rings. The van der Waals surface area contributed by atoms with E-state index in [-0.39, 0.29) is 33.3 Å². The largest absolute Gasteiger partial charge is 0.412 e. The van der Waals surface area contributed by atoms with E-state index in [1.165, 1.54) is 24.8 Å². The maximum Gasteiger partial charge on any atom is 0.412 e. The van der Waals surface area contributed by atoms with Crippen LogP contribution in [0.5, 0.6) is 0 Å². The zero-order valence-corrected chi connectivity index (χ0v) is 23.3. The maximum absolute atomic E-state index is 13.2. The number of alkyl carbamates (subject to hydrolysis) is 1. The number of carbonyl (C=O) groups is 2. The van der Waals surface area contributed by atoms with Crippen LogP contribution in [-0.4, -0.2) is 24.0 Å². The van der Waals surface area contributed by atoms with Gasteiger partial charge >= 0.3 is 6.09 Å². The zero-order chi connectivity index (χ0) is 26.3. The molecule has 6 atom stereocenters. The topological polar surface area (TPSA) is 81.4 Å². The minimum atomic E-state index is -0.582. The van der Waals surface area contributed by atoms with Gasteiger partial charge in [-0.3, -0.25) is 4.79 Å². The summed E-state index contributed by atoms with van der Waals surface area (Å²) in [7, 11) is 0. The Morgan fingerprint density at radius 3 is 2.44 bits per heavy atom. The average Bonchev–Trinajstić information content (AvgIpc) is 2.80. The van der Waals surface area contributed by atoms with Crippen LogP contribution in [0.2, 0.25) is 0 Å². The minimum Gasteiger partial charge on any atom is -0.406 e. The molecule has 3 N–H and O–H groups in total. The Kier molecular flexibility index (Phi) is 5.62. The van der Waals surface area contributed by atoms with Gasteiger partial charge in [0.2, 0.25) is 5.78 Å². The number of rotatable bonds is 2. The molecule has 1 amide bonds. The molecule has 5 nitrogen and oxygen atoms in total. The zero-order valence-electron chi connectivity index (χ0n) is 23.3. The first-order valence-corrected chi connectivity index (χ1v) is 13.9. The number of nitrogens with one attached hydrogen (secondary N) is 1. The third-order valence-corrected chi connectivity index (χ3v) is 11.4. The van der Waals surface area contributed by atoms with Crippen molar-refractivity contribution in [2.45, 2.75) is 99.0 Å². The van der Waals surface area contributed by atoms with Crippen molar-refractivity contribution >= 4 is 11.9 Å². The highest BCUT2D eigenvalue weighted by molar-refractivity contribution is 6.08. The summed E-state index contributed by atoms with van der Waals surface area (Å²) in [5.41, 5.74) is 11.4. The van der Waals surface area contributed by atoms with Crippen LogP contribution in [0.3, 0.4) is 0 Å². The number of hydrogen-bond donors (Lipinski definition) is 2. The quantitative estimate of drug-likeness (QED) is 0.460. The summed E-state index contributed by atoms with van der Waals surface area (Å²) < 4.78 is 5.45. The number of allylic oxidation sites excluding steroid dienone is 7. The van der Waals surface area contributed by atoms with Crippen LogP contribution in [0.25, 0.3) is 0 Å². The van der Waals surface area contributed by atoms with Crippen molar-refractivity contribution < 1.29 is 14.3 Å². The van der Waals surface area contributed by atoms with Gasteiger partial charge in [-0.2, -0.15) is 0 Å². The minimum absolute atomic E-state index is 0.0406. The van der Waals surface area contributed by atoms with Gasteiger partial charge in [0.1, 0.15) is 0 Å². The Labute approximate surface area is 216 Å². The molecule has 0 unspecified atom stereocenters. The number of fused-ring (bicyclic) bond motifs is 7. The predicted molar refractivity (Wildman–Crippen MR) is 143 cm³/mol. The number of hydrogen-bond acceptors (Lipinski definition) is 4. The Balaban J connectivity index is 1.58. The van der Waals surface area contributed by atoms with Gasteiger partial charge in [-0.05, 0) is 105 Å². The third-order valence-electron chi connectivity index (χ3n) is 11.4. The smallest absolute Gasteiger partial charge is 0.406 e. The summed E-state index contributed by atoms with van der Waals surface area (Å²) in [6.07, 6.45) is 13.6. The fraction of sp³-hybridized carbons (Fsp3) is 0.677. The second-order valence-corrected chi connectivity index (χ2v) is 13.6. The van der Waals surface area contributed by atoms with E-state index in [9.17, 15) is 9.59 Å². The van der Waals surface area contributed by atoms with E-state index in [1.54, 1.807) is 6.08 Å². The second-order valence-electron chi connectivity index (χ2n) is 13.6. The molecule has 0 heterocycles. The first-order valence-electron chi connectivity index (χ1n) is 13.9. The van der Waals surface area contributed by atoms with E-state index in [4.69, 9.17) is 10.5 Å². The highest BCUT2D eigenvalue weighted by atomic mass is 16.6. The molecule has 3 fully saturated rings. The van der Waals surface area contributed by atoms with Gasteiger partial charge in [0.25, 0.3) is 0 Å². The van der Waals surface area contributed by atoms with Crippen molar-refractivity contribution in [2.75, 3.05) is 6.54 Å². The van der Waals surface area contributed by atoms with E-state index in [2.05, 4.69) is 52.1 Å². The van der Waals surface area contributed by atoms with Gasteiger partial charge in [-0.15, -0.1) is 0 Å². The van der Waals surface area contributed by atoms with E-state index in [0.717, 1.165) is 42.4 Å². The summed E-state index contributed by atoms with van der Waals surface area (Å²) >= 11 is 0. The molecule has 0 aromatic rings.